The van der Waals surface area contributed by atoms with Gasteiger partial charge in [-0.05, 0) is 6.42 Å². The second-order valence-electron chi connectivity index (χ2n) is 2.10. The third-order valence-corrected chi connectivity index (χ3v) is 1.13. The lowest BCUT2D eigenvalue weighted by Gasteiger charge is -2.01. The highest BCUT2D eigenvalue weighted by Gasteiger charge is 1.96. The lowest BCUT2D eigenvalue weighted by atomic mass is 10.2. The van der Waals surface area contributed by atoms with Crippen LogP contribution in [-0.2, 0) is 9.53 Å². The van der Waals surface area contributed by atoms with Crippen LogP contribution in [0, 0.1) is 0 Å². The molecule has 0 rings (SSSR count). The zero-order valence-electron chi connectivity index (χ0n) is 6.90. The standard InChI is InChI=1S/C7H13NO3.ClH/c1-11-7(10)4-2-3-6(8)5-9;/h2,4,6,9H,3,5,8H2,1H3;1H/b4-2+;. The van der Waals surface area contributed by atoms with Gasteiger partial charge in [0.25, 0.3) is 0 Å². The Kier molecular flexibility index (Phi) is 9.92. The van der Waals surface area contributed by atoms with Crippen molar-refractivity contribution in [3.05, 3.63) is 12.2 Å². The number of methoxy groups -OCH3 is 1. The molecule has 0 saturated heterocycles. The molecule has 4 nitrogen and oxygen atoms in total. The van der Waals surface area contributed by atoms with Crippen molar-refractivity contribution < 1.29 is 14.6 Å². The molecule has 0 spiro atoms. The zero-order valence-corrected chi connectivity index (χ0v) is 7.71. The molecule has 0 aromatic rings. The molecule has 0 aromatic carbocycles. The molecule has 0 aliphatic rings. The summed E-state index contributed by atoms with van der Waals surface area (Å²) < 4.78 is 4.34. The van der Waals surface area contributed by atoms with E-state index in [2.05, 4.69) is 4.74 Å². The fraction of sp³-hybridized carbons (Fsp3) is 0.571. The van der Waals surface area contributed by atoms with Gasteiger partial charge in [-0.2, -0.15) is 0 Å². The number of carbonyl (C=O) groups excluding carboxylic acids is 1. The highest BCUT2D eigenvalue weighted by Crippen LogP contribution is 1.89. The number of carbonyl (C=O) groups is 1. The second kappa shape index (κ2) is 8.52. The van der Waals surface area contributed by atoms with Gasteiger partial charge in [0.15, 0.2) is 0 Å². The molecule has 72 valence electrons. The van der Waals surface area contributed by atoms with E-state index >= 15 is 0 Å². The predicted octanol–water partition coefficient (Wildman–Crippen LogP) is -0.153. The highest BCUT2D eigenvalue weighted by atomic mass is 35.5. The maximum absolute atomic E-state index is 10.5. The van der Waals surface area contributed by atoms with Gasteiger partial charge < -0.3 is 15.6 Å². The molecule has 0 heterocycles. The molecule has 0 radical (unpaired) electrons. The van der Waals surface area contributed by atoms with E-state index in [0.29, 0.717) is 6.42 Å². The molecule has 12 heavy (non-hydrogen) atoms. The summed E-state index contributed by atoms with van der Waals surface area (Å²) in [5.74, 6) is -0.407. The van der Waals surface area contributed by atoms with Gasteiger partial charge in [-0.3, -0.25) is 0 Å². The van der Waals surface area contributed by atoms with Crippen LogP contribution >= 0.6 is 12.4 Å². The maximum Gasteiger partial charge on any atom is 0.330 e. The molecular formula is C7H14ClNO3. The molecule has 5 heteroatoms. The topological polar surface area (TPSA) is 72.5 Å². The van der Waals surface area contributed by atoms with Gasteiger partial charge >= 0.3 is 5.97 Å². The van der Waals surface area contributed by atoms with Gasteiger partial charge in [0.05, 0.1) is 13.7 Å². The Hall–Kier alpha value is -0.580. The number of hydrogen-bond donors (Lipinski definition) is 2. The summed E-state index contributed by atoms with van der Waals surface area (Å²) in [7, 11) is 1.30. The van der Waals surface area contributed by atoms with Crippen LogP contribution in [-0.4, -0.2) is 30.8 Å². The molecular weight excluding hydrogens is 182 g/mol. The number of rotatable bonds is 4. The molecule has 1 atom stereocenters. The number of nitrogens with two attached hydrogens (primary N) is 1. The number of ether oxygens (including phenoxy) is 1. The Bertz CT molecular complexity index is 150. The number of aliphatic hydroxyl groups is 1. The summed E-state index contributed by atoms with van der Waals surface area (Å²) in [5, 5.41) is 8.48. The third-order valence-electron chi connectivity index (χ3n) is 1.13. The summed E-state index contributed by atoms with van der Waals surface area (Å²) in [6.45, 7) is -0.0779. The van der Waals surface area contributed by atoms with Crippen molar-refractivity contribution in [1.82, 2.24) is 0 Å². The Morgan fingerprint density at radius 2 is 2.33 bits per heavy atom. The quantitative estimate of drug-likeness (QED) is 0.483. The van der Waals surface area contributed by atoms with Crippen LogP contribution < -0.4 is 5.73 Å². The van der Waals surface area contributed by atoms with Crippen molar-refractivity contribution >= 4 is 18.4 Å². The van der Waals surface area contributed by atoms with Crippen molar-refractivity contribution in [2.45, 2.75) is 12.5 Å². The van der Waals surface area contributed by atoms with Gasteiger partial charge in [-0.15, -0.1) is 12.4 Å². The van der Waals surface area contributed by atoms with Crippen molar-refractivity contribution in [1.29, 1.82) is 0 Å². The predicted molar refractivity (Wildman–Crippen MR) is 48.1 cm³/mol. The fourth-order valence-corrected chi connectivity index (χ4v) is 0.482. The lowest BCUT2D eigenvalue weighted by Crippen LogP contribution is -2.23. The molecule has 0 aromatic heterocycles. The van der Waals surface area contributed by atoms with Crippen LogP contribution in [0.3, 0.4) is 0 Å². The van der Waals surface area contributed by atoms with E-state index < -0.39 is 5.97 Å². The molecule has 0 aliphatic heterocycles. The normalized spacial score (nSPS) is 12.2. The van der Waals surface area contributed by atoms with E-state index in [1.165, 1.54) is 13.2 Å². The molecule has 0 amide bonds. The molecule has 0 bridgehead atoms. The minimum Gasteiger partial charge on any atom is -0.466 e. The minimum absolute atomic E-state index is 0. The first kappa shape index (κ1) is 14.0. The first-order valence-corrected chi connectivity index (χ1v) is 3.31. The second-order valence-corrected chi connectivity index (χ2v) is 2.10. The highest BCUT2D eigenvalue weighted by molar-refractivity contribution is 5.85. The van der Waals surface area contributed by atoms with Crippen LogP contribution in [0.4, 0.5) is 0 Å². The average Bonchev–Trinajstić information content (AvgIpc) is 2.04. The largest absolute Gasteiger partial charge is 0.466 e. The summed E-state index contributed by atoms with van der Waals surface area (Å²) in [6.07, 6.45) is 3.34. The van der Waals surface area contributed by atoms with Gasteiger partial charge in [-0.1, -0.05) is 6.08 Å². The van der Waals surface area contributed by atoms with Crippen molar-refractivity contribution in [2.75, 3.05) is 13.7 Å². The zero-order chi connectivity index (χ0) is 8.69. The summed E-state index contributed by atoms with van der Waals surface area (Å²) >= 11 is 0. The third kappa shape index (κ3) is 7.53. The first-order chi connectivity index (χ1) is 5.20. The first-order valence-electron chi connectivity index (χ1n) is 3.31. The van der Waals surface area contributed by atoms with Crippen LogP contribution in [0.5, 0.6) is 0 Å². The summed E-state index contributed by atoms with van der Waals surface area (Å²) in [6, 6.07) is -0.295. The number of aliphatic hydroxyl groups excluding tert-OH is 1. The van der Waals surface area contributed by atoms with E-state index in [-0.39, 0.29) is 25.1 Å². The number of halogens is 1. The molecule has 0 saturated carbocycles. The smallest absolute Gasteiger partial charge is 0.330 e. The molecule has 0 fully saturated rings. The number of hydrogen-bond acceptors (Lipinski definition) is 4. The SMILES string of the molecule is COC(=O)/C=C/CC(N)CO.Cl. The van der Waals surface area contributed by atoms with Crippen molar-refractivity contribution in [2.24, 2.45) is 5.73 Å². The Balaban J connectivity index is 0. The van der Waals surface area contributed by atoms with Crippen molar-refractivity contribution in [3.63, 3.8) is 0 Å². The van der Waals surface area contributed by atoms with Gasteiger partial charge in [0, 0.05) is 12.1 Å². The maximum atomic E-state index is 10.5. The summed E-state index contributed by atoms with van der Waals surface area (Å²) in [5.41, 5.74) is 5.35. The monoisotopic (exact) mass is 195 g/mol. The van der Waals surface area contributed by atoms with E-state index in [4.69, 9.17) is 10.8 Å². The Morgan fingerprint density at radius 3 is 2.75 bits per heavy atom. The molecule has 0 aliphatic carbocycles. The van der Waals surface area contributed by atoms with Crippen molar-refractivity contribution in [3.8, 4) is 0 Å². The van der Waals surface area contributed by atoms with Gasteiger partial charge in [-0.25, -0.2) is 4.79 Å². The summed E-state index contributed by atoms with van der Waals surface area (Å²) in [4.78, 5) is 10.5. The van der Waals surface area contributed by atoms with Crippen LogP contribution in [0.1, 0.15) is 6.42 Å². The van der Waals surface area contributed by atoms with Crippen LogP contribution in [0.15, 0.2) is 12.2 Å². The minimum atomic E-state index is -0.407. The van der Waals surface area contributed by atoms with Crippen LogP contribution in [0.25, 0.3) is 0 Å². The van der Waals surface area contributed by atoms with Gasteiger partial charge in [0.1, 0.15) is 0 Å². The van der Waals surface area contributed by atoms with E-state index in [0.717, 1.165) is 0 Å². The Morgan fingerprint density at radius 1 is 1.75 bits per heavy atom. The Labute approximate surface area is 77.8 Å². The molecule has 3 N–H and O–H groups in total. The average molecular weight is 196 g/mol. The molecule has 1 unspecified atom stereocenters. The van der Waals surface area contributed by atoms with Gasteiger partial charge in [0.2, 0.25) is 0 Å². The number of esters is 1. The fourth-order valence-electron chi connectivity index (χ4n) is 0.482. The van der Waals surface area contributed by atoms with E-state index in [1.54, 1.807) is 6.08 Å². The van der Waals surface area contributed by atoms with Crippen LogP contribution in [0.2, 0.25) is 0 Å². The lowest BCUT2D eigenvalue weighted by molar-refractivity contribution is -0.134. The van der Waals surface area contributed by atoms with E-state index in [9.17, 15) is 4.79 Å². The van der Waals surface area contributed by atoms with E-state index in [1.807, 2.05) is 0 Å².